The Balaban J connectivity index is 1.19. The Morgan fingerprint density at radius 3 is 2.67 bits per heavy atom. The van der Waals surface area contributed by atoms with Gasteiger partial charge in [0.15, 0.2) is 15.7 Å². The van der Waals surface area contributed by atoms with Crippen LogP contribution in [-0.2, 0) is 15.3 Å². The van der Waals surface area contributed by atoms with Crippen LogP contribution in [0.3, 0.4) is 0 Å². The second kappa shape index (κ2) is 12.7. The van der Waals surface area contributed by atoms with Crippen molar-refractivity contribution in [3.63, 3.8) is 0 Å². The van der Waals surface area contributed by atoms with Crippen molar-refractivity contribution in [2.24, 2.45) is 0 Å². The number of nitrogens with one attached hydrogen (secondary N) is 2. The number of rotatable bonds is 11. The summed E-state index contributed by atoms with van der Waals surface area (Å²) in [7, 11) is -2.86. The molecule has 1 aliphatic heterocycles. The minimum atomic E-state index is -2.86. The summed E-state index contributed by atoms with van der Waals surface area (Å²) in [5.41, 5.74) is 1.57. The molecule has 0 spiro atoms. The average Bonchev–Trinajstić information content (AvgIpc) is 3.41. The minimum Gasteiger partial charge on any atom is -0.494 e. The van der Waals surface area contributed by atoms with Crippen LogP contribution in [-0.4, -0.2) is 66.2 Å². The fourth-order valence-electron chi connectivity index (χ4n) is 4.43. The van der Waals surface area contributed by atoms with E-state index < -0.39 is 9.84 Å². The number of hydrogen-bond acceptors (Lipinski definition) is 11. The lowest BCUT2D eigenvalue weighted by molar-refractivity contribution is 0.246. The zero-order valence-electron chi connectivity index (χ0n) is 24.1. The Labute approximate surface area is 250 Å². The van der Waals surface area contributed by atoms with Crippen molar-refractivity contribution in [2.75, 3.05) is 48.4 Å². The van der Waals surface area contributed by atoms with Crippen LogP contribution >= 0.6 is 11.8 Å². The van der Waals surface area contributed by atoms with Crippen LogP contribution in [0.4, 0.5) is 11.5 Å². The average molecular weight is 609 g/mol. The molecule has 0 saturated carbocycles. The first-order chi connectivity index (χ1) is 20.0. The molecular weight excluding hydrogens is 573 g/mol. The van der Waals surface area contributed by atoms with Gasteiger partial charge in [0.25, 0.3) is 0 Å². The highest BCUT2D eigenvalue weighted by Gasteiger charge is 2.21. The molecule has 12 heteroatoms. The number of nitrogens with zero attached hydrogens (tertiary/aromatic N) is 4. The van der Waals surface area contributed by atoms with E-state index in [1.807, 2.05) is 48.5 Å². The molecule has 10 nitrogen and oxygen atoms in total. The first kappa shape index (κ1) is 29.9. The van der Waals surface area contributed by atoms with Gasteiger partial charge in [-0.15, -0.1) is 0 Å². The van der Waals surface area contributed by atoms with Crippen LogP contribution in [0, 0.1) is 0 Å². The predicted octanol–water partition coefficient (Wildman–Crippen LogP) is 5.56. The molecule has 3 heterocycles. The molecule has 42 heavy (non-hydrogen) atoms. The van der Waals surface area contributed by atoms with E-state index in [4.69, 9.17) is 9.26 Å². The Bertz CT molecular complexity index is 1650. The van der Waals surface area contributed by atoms with E-state index in [0.29, 0.717) is 31.3 Å². The Kier molecular flexibility index (Phi) is 9.05. The normalized spacial score (nSPS) is 15.4. The van der Waals surface area contributed by atoms with Crippen LogP contribution in [0.2, 0.25) is 0 Å². The molecule has 0 aliphatic carbocycles. The molecule has 0 unspecified atom stereocenters. The maximum absolute atomic E-state index is 11.6. The molecule has 2 N–H and O–H groups in total. The molecule has 1 fully saturated rings. The highest BCUT2D eigenvalue weighted by Crippen LogP contribution is 2.34. The molecule has 1 aliphatic rings. The molecule has 0 atom stereocenters. The number of fused-ring (bicyclic) bond motifs is 1. The summed E-state index contributed by atoms with van der Waals surface area (Å²) in [5.74, 6) is 3.19. The van der Waals surface area contributed by atoms with Crippen LogP contribution in [0.5, 0.6) is 5.75 Å². The third kappa shape index (κ3) is 8.02. The second-order valence-electron chi connectivity index (χ2n) is 11.2. The largest absolute Gasteiger partial charge is 0.494 e. The van der Waals surface area contributed by atoms with Crippen molar-refractivity contribution < 1.29 is 17.7 Å². The van der Waals surface area contributed by atoms with E-state index in [1.165, 1.54) is 0 Å². The van der Waals surface area contributed by atoms with Crippen molar-refractivity contribution in [1.82, 2.24) is 20.0 Å². The lowest BCUT2D eigenvalue weighted by Crippen LogP contribution is -2.40. The van der Waals surface area contributed by atoms with Gasteiger partial charge in [-0.05, 0) is 42.8 Å². The van der Waals surface area contributed by atoms with Crippen LogP contribution in [0.25, 0.3) is 10.9 Å². The minimum absolute atomic E-state index is 0.132. The summed E-state index contributed by atoms with van der Waals surface area (Å²) in [6, 6.07) is 15.7. The number of hydrogen-bond donors (Lipinski definition) is 2. The molecule has 0 radical (unpaired) electrons. The van der Waals surface area contributed by atoms with Gasteiger partial charge in [-0.2, -0.15) is 0 Å². The predicted molar refractivity (Wildman–Crippen MR) is 167 cm³/mol. The topological polar surface area (TPSA) is 122 Å². The lowest BCUT2D eigenvalue weighted by Gasteiger charge is -2.26. The third-order valence-electron chi connectivity index (χ3n) is 6.77. The molecule has 0 bridgehead atoms. The third-order valence-corrected chi connectivity index (χ3v) is 9.38. The van der Waals surface area contributed by atoms with Gasteiger partial charge in [0.1, 0.15) is 28.7 Å². The van der Waals surface area contributed by atoms with Gasteiger partial charge in [0.2, 0.25) is 0 Å². The number of sulfone groups is 1. The smallest absolute Gasteiger partial charge is 0.175 e. The van der Waals surface area contributed by atoms with E-state index >= 15 is 0 Å². The zero-order valence-corrected chi connectivity index (χ0v) is 25.7. The van der Waals surface area contributed by atoms with Gasteiger partial charge in [0, 0.05) is 47.1 Å². The summed E-state index contributed by atoms with van der Waals surface area (Å²) in [6.45, 7) is 12.8. The number of aromatic nitrogens is 3. The summed E-state index contributed by atoms with van der Waals surface area (Å²) >= 11 is 1.54. The van der Waals surface area contributed by atoms with Crippen molar-refractivity contribution >= 4 is 44.0 Å². The molecule has 0 amide bonds. The fraction of sp³-hybridized carbons (Fsp3) is 0.367. The molecular formula is C30H36N6O4S2. The van der Waals surface area contributed by atoms with Gasteiger partial charge in [-0.1, -0.05) is 50.3 Å². The van der Waals surface area contributed by atoms with Crippen LogP contribution in [0.1, 0.15) is 33.0 Å². The van der Waals surface area contributed by atoms with E-state index in [0.717, 1.165) is 51.0 Å². The molecule has 5 rings (SSSR count). The SMILES string of the molecule is C=C(Nc1cccc(Sc2ncnc3ccc(OCCCN4CCS(=O)(=O)CC4)cc23)c1)Nc1cc(C(C)(C)C)on1. The Hall–Kier alpha value is -3.61. The molecule has 2 aromatic heterocycles. The molecule has 222 valence electrons. The zero-order chi connectivity index (χ0) is 29.7. The van der Waals surface area contributed by atoms with E-state index in [1.54, 1.807) is 18.1 Å². The lowest BCUT2D eigenvalue weighted by atomic mass is 9.93. The quantitative estimate of drug-likeness (QED) is 0.164. The standard InChI is InChI=1S/C30H36N6O4S2/c1-21(34-28-19-27(40-35-28)30(2,3)4)33-22-7-5-8-24(17-22)41-29-25-18-23(9-10-26(25)31-20-32-29)39-14-6-11-36-12-15-42(37,38)16-13-36/h5,7-10,17-20,33H,1,6,11-16H2,2-4H3,(H,34,35). The highest BCUT2D eigenvalue weighted by atomic mass is 32.2. The van der Waals surface area contributed by atoms with E-state index in [2.05, 4.69) is 58.0 Å². The maximum Gasteiger partial charge on any atom is 0.175 e. The number of benzene rings is 2. The van der Waals surface area contributed by atoms with Crippen molar-refractivity contribution in [1.29, 1.82) is 0 Å². The van der Waals surface area contributed by atoms with E-state index in [-0.39, 0.29) is 16.9 Å². The van der Waals surface area contributed by atoms with E-state index in [9.17, 15) is 8.42 Å². The molecule has 1 saturated heterocycles. The summed E-state index contributed by atoms with van der Waals surface area (Å²) in [4.78, 5) is 12.2. The number of ether oxygens (including phenoxy) is 1. The van der Waals surface area contributed by atoms with Gasteiger partial charge in [-0.25, -0.2) is 18.4 Å². The van der Waals surface area contributed by atoms with Gasteiger partial charge in [-0.3, -0.25) is 0 Å². The summed E-state index contributed by atoms with van der Waals surface area (Å²) in [6.07, 6.45) is 2.39. The van der Waals surface area contributed by atoms with Gasteiger partial charge < -0.3 is 24.8 Å². The summed E-state index contributed by atoms with van der Waals surface area (Å²) in [5, 5.41) is 12.2. The monoisotopic (exact) mass is 608 g/mol. The van der Waals surface area contributed by atoms with Crippen LogP contribution in [0.15, 0.2) is 81.7 Å². The Morgan fingerprint density at radius 1 is 1.10 bits per heavy atom. The second-order valence-corrected chi connectivity index (χ2v) is 14.6. The fourth-order valence-corrected chi connectivity index (χ4v) is 6.64. The first-order valence-corrected chi connectivity index (χ1v) is 16.5. The van der Waals surface area contributed by atoms with Crippen LogP contribution < -0.4 is 15.4 Å². The Morgan fingerprint density at radius 2 is 1.90 bits per heavy atom. The maximum atomic E-state index is 11.6. The highest BCUT2D eigenvalue weighted by molar-refractivity contribution is 7.99. The summed E-state index contributed by atoms with van der Waals surface area (Å²) < 4.78 is 34.7. The molecule has 4 aromatic rings. The van der Waals surface area contributed by atoms with Crippen molar-refractivity contribution in [3.8, 4) is 5.75 Å². The van der Waals surface area contributed by atoms with Gasteiger partial charge >= 0.3 is 0 Å². The van der Waals surface area contributed by atoms with Crippen molar-refractivity contribution in [3.05, 3.63) is 73.0 Å². The van der Waals surface area contributed by atoms with Gasteiger partial charge in [0.05, 0.1) is 23.6 Å². The molecule has 2 aromatic carbocycles. The van der Waals surface area contributed by atoms with Crippen molar-refractivity contribution in [2.45, 2.75) is 42.5 Å². The number of anilines is 2. The first-order valence-electron chi connectivity index (χ1n) is 13.8.